The Morgan fingerprint density at radius 2 is 2.00 bits per heavy atom. The largest absolute Gasteiger partial charge is 0.766 e. The van der Waals surface area contributed by atoms with Gasteiger partial charge in [-0.15, -0.1) is 0 Å². The van der Waals surface area contributed by atoms with Crippen molar-refractivity contribution in [3.05, 3.63) is 33.1 Å². The summed E-state index contributed by atoms with van der Waals surface area (Å²) in [5.41, 5.74) is -1.46. The second-order valence-electron chi connectivity index (χ2n) is 5.89. The third kappa shape index (κ3) is 3.97. The van der Waals surface area contributed by atoms with Gasteiger partial charge in [0.25, 0.3) is 5.56 Å². The lowest BCUT2D eigenvalue weighted by atomic mass is 10.1. The lowest BCUT2D eigenvalue weighted by Gasteiger charge is -2.37. The van der Waals surface area contributed by atoms with E-state index < -0.39 is 50.1 Å². The monoisotopic (exact) mass is 392 g/mol. The molecule has 0 aromatic carbocycles. The molecule has 0 saturated carbocycles. The van der Waals surface area contributed by atoms with Crippen molar-refractivity contribution in [2.45, 2.75) is 24.5 Å². The molecule has 12 nitrogen and oxygen atoms in total. The van der Waals surface area contributed by atoms with Gasteiger partial charge >= 0.3 is 5.69 Å². The fourth-order valence-corrected chi connectivity index (χ4v) is 3.92. The molecule has 1 unspecified atom stereocenters. The average Bonchev–Trinajstić information content (AvgIpc) is 2.89. The maximum Gasteiger partial charge on any atom is 0.330 e. The number of morpholine rings is 1. The number of nitrogens with zero attached hydrogens (tertiary/aromatic N) is 2. The minimum absolute atomic E-state index is 0.160. The minimum atomic E-state index is -4.36. The fraction of sp³-hybridized carbons (Fsp3) is 0.692. The summed E-state index contributed by atoms with van der Waals surface area (Å²) >= 11 is 0. The van der Waals surface area contributed by atoms with Crippen molar-refractivity contribution in [1.82, 2.24) is 14.2 Å². The molecule has 0 bridgehead atoms. The van der Waals surface area contributed by atoms with Crippen LogP contribution in [0.2, 0.25) is 0 Å². The molecule has 2 saturated heterocycles. The Labute approximate surface area is 147 Å². The van der Waals surface area contributed by atoms with Crippen LogP contribution < -0.4 is 16.1 Å². The van der Waals surface area contributed by atoms with Crippen molar-refractivity contribution in [3.63, 3.8) is 0 Å². The van der Waals surface area contributed by atoms with E-state index in [1.54, 1.807) is 0 Å². The Morgan fingerprint density at radius 3 is 2.65 bits per heavy atom. The number of hydrogen-bond donors (Lipinski definition) is 3. The van der Waals surface area contributed by atoms with Gasteiger partial charge in [0.2, 0.25) is 7.75 Å². The number of nitrogens with one attached hydrogen (secondary N) is 1. The summed E-state index contributed by atoms with van der Waals surface area (Å²) in [6, 6.07) is 1.05. The molecule has 3 heterocycles. The number of aromatic amines is 1. The fourth-order valence-electron chi connectivity index (χ4n) is 2.77. The third-order valence-electron chi connectivity index (χ3n) is 4.20. The molecule has 3 rings (SSSR count). The SMILES string of the molecule is O=c1ccn([C@@H]2O[C@H](COP(=O)([O-])N3CCOCC3)[C@@H](O)[C@H]2O)c(=O)[nH]1. The molecule has 0 spiro atoms. The summed E-state index contributed by atoms with van der Waals surface area (Å²) in [5, 5.41) is 20.2. The van der Waals surface area contributed by atoms with Gasteiger partial charge in [-0.3, -0.25) is 18.9 Å². The van der Waals surface area contributed by atoms with E-state index in [1.807, 2.05) is 4.98 Å². The summed E-state index contributed by atoms with van der Waals surface area (Å²) in [4.78, 5) is 37.1. The van der Waals surface area contributed by atoms with E-state index in [4.69, 9.17) is 14.0 Å². The van der Waals surface area contributed by atoms with Crippen molar-refractivity contribution >= 4 is 7.75 Å². The quantitative estimate of drug-likeness (QED) is 0.439. The smallest absolute Gasteiger partial charge is 0.330 e. The second-order valence-corrected chi connectivity index (χ2v) is 7.66. The van der Waals surface area contributed by atoms with Gasteiger partial charge in [-0.25, -0.2) is 9.46 Å². The lowest BCUT2D eigenvalue weighted by molar-refractivity contribution is -0.218. The summed E-state index contributed by atoms with van der Waals surface area (Å²) in [6.07, 6.45) is -4.36. The van der Waals surface area contributed by atoms with E-state index in [1.165, 1.54) is 0 Å². The highest BCUT2D eigenvalue weighted by molar-refractivity contribution is 7.48. The zero-order valence-corrected chi connectivity index (χ0v) is 14.5. The van der Waals surface area contributed by atoms with Crippen LogP contribution in [-0.4, -0.2) is 75.7 Å². The number of aromatic nitrogens is 2. The first-order chi connectivity index (χ1) is 12.3. The normalized spacial score (nSPS) is 32.4. The van der Waals surface area contributed by atoms with Crippen LogP contribution in [0.4, 0.5) is 0 Å². The zero-order chi connectivity index (χ0) is 18.9. The Kier molecular flexibility index (Phi) is 5.75. The van der Waals surface area contributed by atoms with Crippen molar-refractivity contribution < 1.29 is 33.7 Å². The van der Waals surface area contributed by atoms with E-state index in [2.05, 4.69) is 0 Å². The van der Waals surface area contributed by atoms with Crippen LogP contribution in [-0.2, 0) is 18.6 Å². The van der Waals surface area contributed by atoms with E-state index in [-0.39, 0.29) is 26.3 Å². The molecule has 146 valence electrons. The highest BCUT2D eigenvalue weighted by atomic mass is 31.2. The number of aliphatic hydroxyl groups excluding tert-OH is 2. The van der Waals surface area contributed by atoms with Crippen LogP contribution in [0.25, 0.3) is 0 Å². The zero-order valence-electron chi connectivity index (χ0n) is 13.6. The molecule has 3 N–H and O–H groups in total. The topological polar surface area (TPSA) is 166 Å². The molecule has 13 heteroatoms. The Balaban J connectivity index is 1.67. The molecule has 0 amide bonds. The number of ether oxygens (including phenoxy) is 2. The number of H-pyrrole nitrogens is 1. The Hall–Kier alpha value is -1.37. The predicted molar refractivity (Wildman–Crippen MR) is 83.2 cm³/mol. The molecular weight excluding hydrogens is 373 g/mol. The van der Waals surface area contributed by atoms with E-state index >= 15 is 0 Å². The first-order valence-electron chi connectivity index (χ1n) is 7.91. The van der Waals surface area contributed by atoms with Crippen molar-refractivity contribution in [1.29, 1.82) is 0 Å². The average molecular weight is 392 g/mol. The molecule has 0 aliphatic carbocycles. The summed E-state index contributed by atoms with van der Waals surface area (Å²) < 4.78 is 29.6. The van der Waals surface area contributed by atoms with E-state index in [0.29, 0.717) is 0 Å². The number of aliphatic hydroxyl groups is 2. The third-order valence-corrected chi connectivity index (χ3v) is 5.77. The van der Waals surface area contributed by atoms with Gasteiger partial charge in [-0.2, -0.15) is 0 Å². The predicted octanol–water partition coefficient (Wildman–Crippen LogP) is -3.03. The molecule has 1 aromatic rings. The highest BCUT2D eigenvalue weighted by Crippen LogP contribution is 2.43. The summed E-state index contributed by atoms with van der Waals surface area (Å²) in [5.74, 6) is 0. The maximum absolute atomic E-state index is 12.2. The van der Waals surface area contributed by atoms with Gasteiger partial charge < -0.3 is 29.1 Å². The van der Waals surface area contributed by atoms with Gasteiger partial charge in [0.05, 0.1) is 19.8 Å². The maximum atomic E-state index is 12.2. The van der Waals surface area contributed by atoms with Crippen LogP contribution in [0.15, 0.2) is 21.9 Å². The number of hydrogen-bond acceptors (Lipinski definition) is 9. The molecule has 0 radical (unpaired) electrons. The Bertz CT molecular complexity index is 790. The van der Waals surface area contributed by atoms with Gasteiger partial charge in [-0.1, -0.05) is 0 Å². The molecular formula is C13H19N3O9P-. The highest BCUT2D eigenvalue weighted by Gasteiger charge is 2.44. The molecule has 1 aromatic heterocycles. The van der Waals surface area contributed by atoms with Crippen molar-refractivity contribution in [2.75, 3.05) is 32.9 Å². The molecule has 2 aliphatic rings. The lowest BCUT2D eigenvalue weighted by Crippen LogP contribution is -2.39. The van der Waals surface area contributed by atoms with Crippen LogP contribution in [0.1, 0.15) is 6.23 Å². The van der Waals surface area contributed by atoms with Crippen molar-refractivity contribution in [2.24, 2.45) is 0 Å². The van der Waals surface area contributed by atoms with Crippen LogP contribution in [0, 0.1) is 0 Å². The summed E-state index contributed by atoms with van der Waals surface area (Å²) in [7, 11) is -4.36. The molecule has 2 fully saturated rings. The standard InChI is InChI=1S/C13H20N3O9P/c17-9-1-2-16(13(20)14-9)12-11(19)10(18)8(25-12)7-24-26(21,22)15-3-5-23-6-4-15/h1-2,8,10-12,18-19H,3-7H2,(H,21,22)(H,14,17,20)/p-1/t8-,10-,11-,12-/m1/s1. The number of rotatable bonds is 5. The molecule has 26 heavy (non-hydrogen) atoms. The van der Waals surface area contributed by atoms with Crippen LogP contribution in [0.3, 0.4) is 0 Å². The molecule has 5 atom stereocenters. The van der Waals surface area contributed by atoms with Crippen LogP contribution in [0.5, 0.6) is 0 Å². The van der Waals surface area contributed by atoms with Gasteiger partial charge in [-0.05, 0) is 0 Å². The van der Waals surface area contributed by atoms with Crippen molar-refractivity contribution in [3.8, 4) is 0 Å². The van der Waals surface area contributed by atoms with E-state index in [9.17, 15) is 29.3 Å². The van der Waals surface area contributed by atoms with Gasteiger partial charge in [0.1, 0.15) is 18.3 Å². The van der Waals surface area contributed by atoms with Gasteiger partial charge in [0, 0.05) is 25.4 Å². The summed E-state index contributed by atoms with van der Waals surface area (Å²) in [6.45, 7) is 0.298. The van der Waals surface area contributed by atoms with E-state index in [0.717, 1.165) is 21.5 Å². The first kappa shape index (κ1) is 19.4. The first-order valence-corrected chi connectivity index (χ1v) is 9.41. The minimum Gasteiger partial charge on any atom is -0.766 e. The van der Waals surface area contributed by atoms with Crippen LogP contribution >= 0.6 is 7.75 Å². The molecule has 2 aliphatic heterocycles. The van der Waals surface area contributed by atoms with Gasteiger partial charge in [0.15, 0.2) is 6.23 Å². The Morgan fingerprint density at radius 1 is 1.31 bits per heavy atom. The second kappa shape index (κ2) is 7.71.